The molecule has 2 N–H and O–H groups in total. The van der Waals surface area contributed by atoms with Crippen LogP contribution in [0.2, 0.25) is 10.0 Å². The Bertz CT molecular complexity index is 345. The zero-order valence-corrected chi connectivity index (χ0v) is 10.8. The predicted molar refractivity (Wildman–Crippen MR) is 68.3 cm³/mol. The summed E-state index contributed by atoms with van der Waals surface area (Å²) >= 11 is 11.7. The normalized spacial score (nSPS) is 10.4. The molecule has 1 rings (SSSR count). The Balaban J connectivity index is 2.45. The van der Waals surface area contributed by atoms with Crippen LogP contribution < -0.4 is 10.5 Å². The number of nitrogens with zero attached hydrogens (tertiary/aromatic N) is 1. The molecule has 1 aromatic rings. The van der Waals surface area contributed by atoms with E-state index in [4.69, 9.17) is 33.7 Å². The molecule has 0 spiro atoms. The van der Waals surface area contributed by atoms with Crippen LogP contribution in [0.3, 0.4) is 0 Å². The third-order valence-electron chi connectivity index (χ3n) is 2.16. The maximum absolute atomic E-state index is 5.91. The Labute approximate surface area is 106 Å². The van der Waals surface area contributed by atoms with Crippen molar-refractivity contribution in [3.8, 4) is 5.88 Å². The number of rotatable bonds is 6. The van der Waals surface area contributed by atoms with Crippen molar-refractivity contribution < 1.29 is 4.74 Å². The topological polar surface area (TPSA) is 48.1 Å². The molecule has 3 nitrogen and oxygen atoms in total. The summed E-state index contributed by atoms with van der Waals surface area (Å²) in [5, 5.41) is 0.748. The van der Waals surface area contributed by atoms with Gasteiger partial charge < -0.3 is 10.5 Å². The molecule has 0 saturated carbocycles. The van der Waals surface area contributed by atoms with E-state index < -0.39 is 0 Å². The zero-order valence-electron chi connectivity index (χ0n) is 9.30. The molecule has 0 radical (unpaired) electrons. The monoisotopic (exact) mass is 262 g/mol. The van der Waals surface area contributed by atoms with Crippen molar-refractivity contribution in [2.45, 2.75) is 32.6 Å². The summed E-state index contributed by atoms with van der Waals surface area (Å²) in [5.74, 6) is 0.606. The predicted octanol–water partition coefficient (Wildman–Crippen LogP) is 3.93. The van der Waals surface area contributed by atoms with Crippen LogP contribution >= 0.6 is 23.2 Å². The van der Waals surface area contributed by atoms with Gasteiger partial charge in [0.15, 0.2) is 0 Å². The summed E-state index contributed by atoms with van der Waals surface area (Å²) in [6, 6.07) is 1.55. The summed E-state index contributed by atoms with van der Waals surface area (Å²) in [7, 11) is 0. The van der Waals surface area contributed by atoms with Gasteiger partial charge in [-0.25, -0.2) is 0 Å². The highest BCUT2D eigenvalue weighted by Crippen LogP contribution is 2.29. The number of pyridine rings is 1. The highest BCUT2D eigenvalue weighted by molar-refractivity contribution is 6.36. The molecule has 16 heavy (non-hydrogen) atoms. The molecule has 0 aliphatic heterocycles. The van der Waals surface area contributed by atoms with E-state index in [1.54, 1.807) is 6.07 Å². The first-order valence-corrected chi connectivity index (χ1v) is 6.15. The van der Waals surface area contributed by atoms with E-state index in [0.29, 0.717) is 22.5 Å². The molecular formula is C11H16Cl2N2O. The van der Waals surface area contributed by atoms with E-state index in [2.05, 4.69) is 11.9 Å². The van der Waals surface area contributed by atoms with Gasteiger partial charge in [-0.2, -0.15) is 4.98 Å². The highest BCUT2D eigenvalue weighted by Gasteiger charge is 2.07. The first kappa shape index (κ1) is 13.4. The maximum Gasteiger partial charge on any atom is 0.234 e. The average Bonchev–Trinajstić information content (AvgIpc) is 2.25. The van der Waals surface area contributed by atoms with Gasteiger partial charge in [-0.15, -0.1) is 0 Å². The van der Waals surface area contributed by atoms with Gasteiger partial charge in [0.1, 0.15) is 10.8 Å². The van der Waals surface area contributed by atoms with E-state index in [-0.39, 0.29) is 5.82 Å². The SMILES string of the molecule is CCCCCCOc1nc(N)c(Cl)cc1Cl. The average molecular weight is 263 g/mol. The third-order valence-corrected chi connectivity index (χ3v) is 2.73. The smallest absolute Gasteiger partial charge is 0.234 e. The van der Waals surface area contributed by atoms with Crippen molar-refractivity contribution in [3.05, 3.63) is 16.1 Å². The number of hydrogen-bond acceptors (Lipinski definition) is 3. The first-order chi connectivity index (χ1) is 7.65. The Morgan fingerprint density at radius 1 is 1.25 bits per heavy atom. The van der Waals surface area contributed by atoms with Gasteiger partial charge >= 0.3 is 0 Å². The second-order valence-corrected chi connectivity index (χ2v) is 4.37. The number of aromatic nitrogens is 1. The summed E-state index contributed by atoms with van der Waals surface area (Å²) in [4.78, 5) is 3.98. The van der Waals surface area contributed by atoms with Crippen LogP contribution in [0.25, 0.3) is 0 Å². The van der Waals surface area contributed by atoms with E-state index in [9.17, 15) is 0 Å². The van der Waals surface area contributed by atoms with Crippen LogP contribution in [0.4, 0.5) is 5.82 Å². The lowest BCUT2D eigenvalue weighted by molar-refractivity contribution is 0.294. The molecule has 0 bridgehead atoms. The molecule has 0 aliphatic carbocycles. The molecule has 0 atom stereocenters. The Morgan fingerprint density at radius 3 is 2.69 bits per heavy atom. The molecule has 0 fully saturated rings. The number of halogens is 2. The van der Waals surface area contributed by atoms with Gasteiger partial charge in [0.25, 0.3) is 0 Å². The molecule has 90 valence electrons. The number of nitrogens with two attached hydrogens (primary N) is 1. The van der Waals surface area contributed by atoms with Crippen LogP contribution in [-0.2, 0) is 0 Å². The Kier molecular flexibility index (Phi) is 5.71. The largest absolute Gasteiger partial charge is 0.477 e. The zero-order chi connectivity index (χ0) is 12.0. The van der Waals surface area contributed by atoms with Gasteiger partial charge in [0.05, 0.1) is 11.6 Å². The van der Waals surface area contributed by atoms with Gasteiger partial charge in [-0.05, 0) is 12.5 Å². The van der Waals surface area contributed by atoms with Crippen LogP contribution in [0.15, 0.2) is 6.07 Å². The van der Waals surface area contributed by atoms with Gasteiger partial charge in [0, 0.05) is 0 Å². The minimum atomic E-state index is 0.245. The molecule has 1 heterocycles. The minimum Gasteiger partial charge on any atom is -0.477 e. The summed E-state index contributed by atoms with van der Waals surface area (Å²) in [6.07, 6.45) is 4.56. The highest BCUT2D eigenvalue weighted by atomic mass is 35.5. The molecule has 5 heteroatoms. The van der Waals surface area contributed by atoms with Crippen molar-refractivity contribution in [3.63, 3.8) is 0 Å². The number of nitrogen functional groups attached to an aromatic ring is 1. The van der Waals surface area contributed by atoms with E-state index >= 15 is 0 Å². The van der Waals surface area contributed by atoms with Crippen LogP contribution in [0.1, 0.15) is 32.6 Å². The fourth-order valence-corrected chi connectivity index (χ4v) is 1.68. The van der Waals surface area contributed by atoms with E-state index in [0.717, 1.165) is 12.8 Å². The lowest BCUT2D eigenvalue weighted by atomic mass is 10.2. The Morgan fingerprint density at radius 2 is 2.00 bits per heavy atom. The summed E-state index contributed by atoms with van der Waals surface area (Å²) in [5.41, 5.74) is 5.56. The number of hydrogen-bond donors (Lipinski definition) is 1. The molecule has 0 aliphatic rings. The second-order valence-electron chi connectivity index (χ2n) is 3.55. The van der Waals surface area contributed by atoms with Crippen LogP contribution in [-0.4, -0.2) is 11.6 Å². The Hall–Kier alpha value is -0.670. The second kappa shape index (κ2) is 6.81. The molecular weight excluding hydrogens is 247 g/mol. The lowest BCUT2D eigenvalue weighted by Gasteiger charge is -2.08. The van der Waals surface area contributed by atoms with E-state index in [1.807, 2.05) is 0 Å². The van der Waals surface area contributed by atoms with Crippen LogP contribution in [0, 0.1) is 0 Å². The van der Waals surface area contributed by atoms with Gasteiger partial charge in [0.2, 0.25) is 5.88 Å². The summed E-state index contributed by atoms with van der Waals surface area (Å²) in [6.45, 7) is 2.77. The number of ether oxygens (including phenoxy) is 1. The molecule has 0 amide bonds. The molecule has 0 saturated heterocycles. The van der Waals surface area contributed by atoms with Crippen molar-refractivity contribution in [2.75, 3.05) is 12.3 Å². The van der Waals surface area contributed by atoms with Gasteiger partial charge in [-0.1, -0.05) is 49.4 Å². The quantitative estimate of drug-likeness (QED) is 0.791. The number of unbranched alkanes of at least 4 members (excludes halogenated alkanes) is 3. The minimum absolute atomic E-state index is 0.245. The van der Waals surface area contributed by atoms with Crippen LogP contribution in [0.5, 0.6) is 5.88 Å². The fraction of sp³-hybridized carbons (Fsp3) is 0.545. The van der Waals surface area contributed by atoms with Crippen molar-refractivity contribution in [1.29, 1.82) is 0 Å². The lowest BCUT2D eigenvalue weighted by Crippen LogP contribution is -2.02. The first-order valence-electron chi connectivity index (χ1n) is 5.39. The molecule has 1 aromatic heterocycles. The van der Waals surface area contributed by atoms with Crippen molar-refractivity contribution in [1.82, 2.24) is 4.98 Å². The van der Waals surface area contributed by atoms with Gasteiger partial charge in [-0.3, -0.25) is 0 Å². The standard InChI is InChI=1S/C11H16Cl2N2O/c1-2-3-4-5-6-16-11-9(13)7-8(12)10(14)15-11/h7H,2-6H2,1H3,(H2,14,15). The van der Waals surface area contributed by atoms with E-state index in [1.165, 1.54) is 12.8 Å². The maximum atomic E-state index is 5.91. The fourth-order valence-electron chi connectivity index (χ4n) is 1.26. The molecule has 0 unspecified atom stereocenters. The van der Waals surface area contributed by atoms with Crippen molar-refractivity contribution >= 4 is 29.0 Å². The molecule has 0 aromatic carbocycles. The third kappa shape index (κ3) is 4.06. The number of anilines is 1. The van der Waals surface area contributed by atoms with Crippen molar-refractivity contribution in [2.24, 2.45) is 0 Å². The summed E-state index contributed by atoms with van der Waals surface area (Å²) < 4.78 is 5.44.